The third kappa shape index (κ3) is 9.76. The summed E-state index contributed by atoms with van der Waals surface area (Å²) in [6.45, 7) is 14.2. The summed E-state index contributed by atoms with van der Waals surface area (Å²) in [5, 5.41) is 13.2. The van der Waals surface area contributed by atoms with E-state index in [0.29, 0.717) is 11.2 Å². The van der Waals surface area contributed by atoms with Crippen molar-refractivity contribution in [2.45, 2.75) is 62.9 Å². The minimum atomic E-state index is -0.677. The molecule has 0 amide bonds. The molecule has 2 unspecified atom stereocenters. The topological polar surface area (TPSA) is 23.8 Å². The first kappa shape index (κ1) is 39.2. The van der Waals surface area contributed by atoms with Gasteiger partial charge in [-0.1, -0.05) is 122 Å². The molecule has 0 saturated heterocycles. The molecular weight excluding hydrogens is 694 g/mol. The van der Waals surface area contributed by atoms with Crippen LogP contribution < -0.4 is 15.9 Å². The summed E-state index contributed by atoms with van der Waals surface area (Å²) in [7, 11) is -1.27. The van der Waals surface area contributed by atoms with Gasteiger partial charge in [0.15, 0.2) is 0 Å². The second kappa shape index (κ2) is 17.8. The van der Waals surface area contributed by atoms with Crippen molar-refractivity contribution in [3.05, 3.63) is 150 Å². The predicted octanol–water partition coefficient (Wildman–Crippen LogP) is 10.5. The molecule has 0 bridgehead atoms. The minimum Gasteiger partial charge on any atom is -0.214 e. The summed E-state index contributed by atoms with van der Waals surface area (Å²) in [6.07, 6.45) is 0. The molecule has 0 radical (unpaired) electrons. The van der Waals surface area contributed by atoms with Crippen molar-refractivity contribution in [3.63, 3.8) is 0 Å². The standard InChI is InChI=1S/C34H37ClNP2.C5H5.Fe.Ni/c1-25(38(33(2,3)4)34(5,6)32(35)27-22-20-26(24-36)21-23-27)30-18-13-19-31(30)37(28-14-9-7-10-15-28)29-16-11-8-12-17-29;1-2-4-5-3-1;;/h7-23,25,32H,1-6H3;1-5H;;/q2*-1;2*+2/t25?,32?,38-;;;/m1.../s1. The molecule has 0 aliphatic heterocycles. The third-order valence-corrected chi connectivity index (χ3v) is 15.3. The van der Waals surface area contributed by atoms with Crippen molar-refractivity contribution in [1.82, 2.24) is 0 Å². The van der Waals surface area contributed by atoms with Gasteiger partial charge in [0.05, 0.1) is 17.0 Å². The summed E-state index contributed by atoms with van der Waals surface area (Å²) in [5.74, 6) is 0. The number of alkyl halides is 1. The molecule has 0 aliphatic rings. The van der Waals surface area contributed by atoms with E-state index in [0.717, 1.165) is 5.56 Å². The van der Waals surface area contributed by atoms with E-state index >= 15 is 0 Å². The summed E-state index contributed by atoms with van der Waals surface area (Å²) in [4.78, 5) is 0. The van der Waals surface area contributed by atoms with Gasteiger partial charge in [-0.25, -0.2) is 24.3 Å². The van der Waals surface area contributed by atoms with Gasteiger partial charge in [0.25, 0.3) is 0 Å². The molecule has 0 spiro atoms. The van der Waals surface area contributed by atoms with Crippen molar-refractivity contribution in [2.24, 2.45) is 0 Å². The zero-order valence-corrected chi connectivity index (χ0v) is 31.4. The quantitative estimate of drug-likeness (QED) is 0.0674. The fourth-order valence-corrected chi connectivity index (χ4v) is 14.1. The molecule has 5 aromatic rings. The van der Waals surface area contributed by atoms with Crippen LogP contribution >= 0.6 is 27.4 Å². The van der Waals surface area contributed by atoms with Crippen molar-refractivity contribution in [3.8, 4) is 6.07 Å². The van der Waals surface area contributed by atoms with E-state index in [1.807, 2.05) is 54.6 Å². The van der Waals surface area contributed by atoms with Gasteiger partial charge < -0.3 is 0 Å². The summed E-state index contributed by atoms with van der Waals surface area (Å²) < 4.78 is 0. The van der Waals surface area contributed by atoms with E-state index in [4.69, 9.17) is 11.6 Å². The van der Waals surface area contributed by atoms with Crippen LogP contribution in [-0.4, -0.2) is 10.3 Å². The van der Waals surface area contributed by atoms with Gasteiger partial charge in [-0.2, -0.15) is 29.5 Å². The molecule has 5 rings (SSSR count). The van der Waals surface area contributed by atoms with E-state index < -0.39 is 15.8 Å². The summed E-state index contributed by atoms with van der Waals surface area (Å²) in [5.41, 5.74) is 3.54. The molecule has 0 saturated carbocycles. The maximum Gasteiger partial charge on any atom is 2.00 e. The molecule has 0 aliphatic carbocycles. The summed E-state index contributed by atoms with van der Waals surface area (Å²) >= 11 is 7.33. The molecule has 0 heterocycles. The van der Waals surface area contributed by atoms with Gasteiger partial charge in [-0.15, -0.1) is 22.5 Å². The van der Waals surface area contributed by atoms with Crippen LogP contribution in [0.3, 0.4) is 0 Å². The molecule has 45 heavy (non-hydrogen) atoms. The SMILES string of the molecule is CC([c-]1cccc1P(c1ccccc1)c1ccccc1)[P@](C(C)(C)C)C(C)(C)C(Cl)c1ccc(C#N)cc1.[Fe+2].[Ni+2].c1cc[cH-]c1. The molecular formula is C39H42ClFeNNiP2+2. The Kier molecular flexibility index (Phi) is 15.5. The molecule has 0 N–H and O–H groups in total. The van der Waals surface area contributed by atoms with Gasteiger partial charge in [-0.05, 0) is 47.0 Å². The van der Waals surface area contributed by atoms with Gasteiger partial charge in [-0.3, -0.25) is 0 Å². The Balaban J connectivity index is 0.000000917. The Bertz CT molecular complexity index is 1510. The van der Waals surface area contributed by atoms with Gasteiger partial charge >= 0.3 is 33.6 Å². The first-order valence-corrected chi connectivity index (χ1v) is 18.0. The first-order chi connectivity index (χ1) is 20.6. The maximum atomic E-state index is 9.26. The van der Waals surface area contributed by atoms with Crippen molar-refractivity contribution in [2.75, 3.05) is 0 Å². The molecule has 3 atom stereocenters. The molecule has 0 fully saturated rings. The monoisotopic (exact) mass is 735 g/mol. The zero-order chi connectivity index (χ0) is 31.0. The van der Waals surface area contributed by atoms with Crippen LogP contribution in [0.25, 0.3) is 0 Å². The van der Waals surface area contributed by atoms with Crippen LogP contribution in [0.1, 0.15) is 69.3 Å². The first-order valence-electron chi connectivity index (χ1n) is 14.8. The molecule has 0 aromatic heterocycles. The van der Waals surface area contributed by atoms with E-state index in [1.165, 1.54) is 21.5 Å². The number of halogens is 1. The third-order valence-electron chi connectivity index (χ3n) is 7.78. The van der Waals surface area contributed by atoms with Crippen molar-refractivity contribution < 1.29 is 33.6 Å². The van der Waals surface area contributed by atoms with E-state index in [9.17, 15) is 5.26 Å². The van der Waals surface area contributed by atoms with Crippen molar-refractivity contribution >= 4 is 43.4 Å². The van der Waals surface area contributed by atoms with Gasteiger partial charge in [0, 0.05) is 5.16 Å². The fourth-order valence-electron chi connectivity index (χ4n) is 6.22. The molecule has 1 nitrogen and oxygen atoms in total. The number of rotatable bonds is 8. The smallest absolute Gasteiger partial charge is 0.214 e. The number of nitriles is 1. The van der Waals surface area contributed by atoms with Crippen LogP contribution in [0.15, 0.2) is 133 Å². The van der Waals surface area contributed by atoms with Crippen LogP contribution in [0, 0.1) is 11.3 Å². The number of hydrogen-bond donors (Lipinski definition) is 0. The van der Waals surface area contributed by atoms with Gasteiger partial charge in [0.2, 0.25) is 0 Å². The fraction of sp³-hybridized carbons (Fsp3) is 0.256. The second-order valence-corrected chi connectivity index (χ2v) is 18.9. The minimum absolute atomic E-state index is 0. The molecule has 6 heteroatoms. The van der Waals surface area contributed by atoms with Crippen LogP contribution in [-0.2, 0) is 33.6 Å². The normalized spacial score (nSPS) is 13.2. The maximum absolute atomic E-state index is 9.26. The van der Waals surface area contributed by atoms with E-state index in [-0.39, 0.29) is 49.2 Å². The largest absolute Gasteiger partial charge is 2.00 e. The Morgan fingerprint density at radius 3 is 1.69 bits per heavy atom. The number of hydrogen-bond acceptors (Lipinski definition) is 1. The predicted molar refractivity (Wildman–Crippen MR) is 192 cm³/mol. The number of nitrogens with zero attached hydrogens (tertiary/aromatic N) is 1. The second-order valence-electron chi connectivity index (χ2n) is 12.3. The zero-order valence-electron chi connectivity index (χ0n) is 26.7. The molecule has 5 aromatic carbocycles. The summed E-state index contributed by atoms with van der Waals surface area (Å²) in [6, 6.07) is 48.9. The number of benzene rings is 3. The average Bonchev–Trinajstić information content (AvgIpc) is 3.74. The van der Waals surface area contributed by atoms with Crippen LogP contribution in [0.2, 0.25) is 0 Å². The van der Waals surface area contributed by atoms with E-state index in [1.54, 1.807) is 0 Å². The Morgan fingerprint density at radius 2 is 1.27 bits per heavy atom. The van der Waals surface area contributed by atoms with Crippen molar-refractivity contribution in [1.29, 1.82) is 5.26 Å². The average molecular weight is 737 g/mol. The van der Waals surface area contributed by atoms with Crippen LogP contribution in [0.4, 0.5) is 0 Å². The Morgan fingerprint density at radius 1 is 0.756 bits per heavy atom. The van der Waals surface area contributed by atoms with E-state index in [2.05, 4.69) is 126 Å². The molecule has 236 valence electrons. The Hall–Kier alpha value is -1.99. The Labute approximate surface area is 299 Å². The van der Waals surface area contributed by atoms with Crippen LogP contribution in [0.5, 0.6) is 0 Å². The van der Waals surface area contributed by atoms with Gasteiger partial charge in [0.1, 0.15) is 0 Å².